The molecule has 2 heteroatoms. The Bertz CT molecular complexity index is 420. The molecule has 0 spiro atoms. The molecule has 0 aliphatic heterocycles. The van der Waals surface area contributed by atoms with Crippen molar-refractivity contribution < 1.29 is 5.11 Å². The second kappa shape index (κ2) is 3.46. The summed E-state index contributed by atoms with van der Waals surface area (Å²) in [5, 5.41) is 9.17. The Morgan fingerprint density at radius 3 is 2.21 bits per heavy atom. The summed E-state index contributed by atoms with van der Waals surface area (Å²) in [6.07, 6.45) is 0. The van der Waals surface area contributed by atoms with Gasteiger partial charge in [-0.15, -0.1) is 11.3 Å². The van der Waals surface area contributed by atoms with Crippen molar-refractivity contribution in [3.8, 4) is 16.2 Å². The van der Waals surface area contributed by atoms with Crippen molar-refractivity contribution >= 4 is 11.3 Å². The highest BCUT2D eigenvalue weighted by Crippen LogP contribution is 2.31. The maximum absolute atomic E-state index is 9.17. The van der Waals surface area contributed by atoms with E-state index in [1.165, 1.54) is 20.9 Å². The number of benzene rings is 1. The highest BCUT2D eigenvalue weighted by molar-refractivity contribution is 7.15. The lowest BCUT2D eigenvalue weighted by Crippen LogP contribution is -1.70. The van der Waals surface area contributed by atoms with Crippen LogP contribution in [-0.4, -0.2) is 5.11 Å². The third-order valence-electron chi connectivity index (χ3n) is 2.32. The SMILES string of the molecule is Cc1cc(-c2ccc(O)cc2)sc1C. The summed E-state index contributed by atoms with van der Waals surface area (Å²) >= 11 is 1.79. The third-order valence-corrected chi connectivity index (χ3v) is 3.52. The summed E-state index contributed by atoms with van der Waals surface area (Å²) in [7, 11) is 0. The van der Waals surface area contributed by atoms with E-state index in [0.717, 1.165) is 0 Å². The van der Waals surface area contributed by atoms with Crippen LogP contribution in [-0.2, 0) is 0 Å². The van der Waals surface area contributed by atoms with Gasteiger partial charge in [0.05, 0.1) is 0 Å². The molecule has 0 aliphatic carbocycles. The number of hydrogen-bond donors (Lipinski definition) is 1. The van der Waals surface area contributed by atoms with Gasteiger partial charge < -0.3 is 5.11 Å². The molecule has 0 bridgehead atoms. The van der Waals surface area contributed by atoms with E-state index in [-0.39, 0.29) is 0 Å². The molecule has 0 aliphatic rings. The number of aryl methyl sites for hydroxylation is 2. The van der Waals surface area contributed by atoms with Gasteiger partial charge in [-0.2, -0.15) is 0 Å². The molecule has 1 nitrogen and oxygen atoms in total. The van der Waals surface area contributed by atoms with Crippen molar-refractivity contribution in [2.24, 2.45) is 0 Å². The first-order chi connectivity index (χ1) is 6.66. The minimum absolute atomic E-state index is 0.318. The molecular weight excluding hydrogens is 192 g/mol. The number of hydrogen-bond acceptors (Lipinski definition) is 2. The van der Waals surface area contributed by atoms with Crippen LogP contribution in [0.25, 0.3) is 10.4 Å². The van der Waals surface area contributed by atoms with Gasteiger partial charge in [0, 0.05) is 9.75 Å². The normalized spacial score (nSPS) is 10.4. The summed E-state index contributed by atoms with van der Waals surface area (Å²) < 4.78 is 0. The van der Waals surface area contributed by atoms with Gasteiger partial charge in [-0.1, -0.05) is 0 Å². The first kappa shape index (κ1) is 9.28. The van der Waals surface area contributed by atoms with Crippen LogP contribution in [0.15, 0.2) is 30.3 Å². The Labute approximate surface area is 87.7 Å². The highest BCUT2D eigenvalue weighted by Gasteiger charge is 2.03. The lowest BCUT2D eigenvalue weighted by molar-refractivity contribution is 0.475. The molecule has 1 N–H and O–H groups in total. The van der Waals surface area contributed by atoms with E-state index in [2.05, 4.69) is 19.9 Å². The Kier molecular flexibility index (Phi) is 2.30. The lowest BCUT2D eigenvalue weighted by Gasteiger charge is -1.96. The molecule has 1 aromatic carbocycles. The second-order valence-electron chi connectivity index (χ2n) is 3.40. The molecule has 72 valence electrons. The largest absolute Gasteiger partial charge is 0.508 e. The molecule has 0 saturated heterocycles. The van der Waals surface area contributed by atoms with E-state index in [0.29, 0.717) is 5.75 Å². The number of rotatable bonds is 1. The van der Waals surface area contributed by atoms with Crippen LogP contribution in [0.2, 0.25) is 0 Å². The zero-order valence-electron chi connectivity index (χ0n) is 8.24. The van der Waals surface area contributed by atoms with Crippen LogP contribution >= 0.6 is 11.3 Å². The molecule has 1 aromatic heterocycles. The quantitative estimate of drug-likeness (QED) is 0.750. The molecule has 0 amide bonds. The van der Waals surface area contributed by atoms with Gasteiger partial charge in [0.2, 0.25) is 0 Å². The maximum atomic E-state index is 9.17. The van der Waals surface area contributed by atoms with Crippen molar-refractivity contribution in [3.63, 3.8) is 0 Å². The number of aromatic hydroxyl groups is 1. The minimum atomic E-state index is 0.318. The topological polar surface area (TPSA) is 20.2 Å². The Morgan fingerprint density at radius 2 is 1.71 bits per heavy atom. The van der Waals surface area contributed by atoms with E-state index in [1.54, 1.807) is 23.5 Å². The van der Waals surface area contributed by atoms with Crippen molar-refractivity contribution in [2.45, 2.75) is 13.8 Å². The van der Waals surface area contributed by atoms with E-state index < -0.39 is 0 Å². The Hall–Kier alpha value is -1.28. The molecule has 1 heterocycles. The van der Waals surface area contributed by atoms with E-state index >= 15 is 0 Å². The van der Waals surface area contributed by atoms with Crippen LogP contribution < -0.4 is 0 Å². The van der Waals surface area contributed by atoms with Crippen molar-refractivity contribution in [1.82, 2.24) is 0 Å². The summed E-state index contributed by atoms with van der Waals surface area (Å²) in [6.45, 7) is 4.25. The van der Waals surface area contributed by atoms with Gasteiger partial charge in [-0.05, 0) is 55.3 Å². The van der Waals surface area contributed by atoms with E-state index in [9.17, 15) is 0 Å². The average molecular weight is 204 g/mol. The van der Waals surface area contributed by atoms with Crippen molar-refractivity contribution in [2.75, 3.05) is 0 Å². The Balaban J connectivity index is 2.44. The molecule has 2 rings (SSSR count). The molecular formula is C12H12OS. The average Bonchev–Trinajstić information content (AvgIpc) is 2.48. The standard InChI is InChI=1S/C12H12OS/c1-8-7-12(14-9(8)2)10-3-5-11(13)6-4-10/h3-7,13H,1-2H3. The zero-order valence-corrected chi connectivity index (χ0v) is 9.06. The smallest absolute Gasteiger partial charge is 0.115 e. The predicted octanol–water partition coefficient (Wildman–Crippen LogP) is 3.74. The second-order valence-corrected chi connectivity index (χ2v) is 4.65. The molecule has 0 saturated carbocycles. The molecule has 14 heavy (non-hydrogen) atoms. The molecule has 0 atom stereocenters. The van der Waals surface area contributed by atoms with E-state index in [4.69, 9.17) is 5.11 Å². The fraction of sp³-hybridized carbons (Fsp3) is 0.167. The summed E-state index contributed by atoms with van der Waals surface area (Å²) in [6, 6.07) is 9.52. The first-order valence-electron chi connectivity index (χ1n) is 4.53. The van der Waals surface area contributed by atoms with E-state index in [1.807, 2.05) is 12.1 Å². The minimum Gasteiger partial charge on any atom is -0.508 e. The van der Waals surface area contributed by atoms with Crippen LogP contribution in [0.4, 0.5) is 0 Å². The summed E-state index contributed by atoms with van der Waals surface area (Å²) in [5.74, 6) is 0.318. The monoisotopic (exact) mass is 204 g/mol. The van der Waals surface area contributed by atoms with Gasteiger partial charge in [0.1, 0.15) is 5.75 Å². The Morgan fingerprint density at radius 1 is 1.07 bits per heavy atom. The highest BCUT2D eigenvalue weighted by atomic mass is 32.1. The zero-order chi connectivity index (χ0) is 10.1. The van der Waals surface area contributed by atoms with Crippen LogP contribution in [0.3, 0.4) is 0 Å². The molecule has 0 radical (unpaired) electrons. The third kappa shape index (κ3) is 1.66. The van der Waals surface area contributed by atoms with Crippen LogP contribution in [0.1, 0.15) is 10.4 Å². The molecule has 0 fully saturated rings. The van der Waals surface area contributed by atoms with Gasteiger partial charge in [-0.25, -0.2) is 0 Å². The van der Waals surface area contributed by atoms with Crippen LogP contribution in [0.5, 0.6) is 5.75 Å². The lowest BCUT2D eigenvalue weighted by atomic mass is 10.1. The molecule has 2 aromatic rings. The van der Waals surface area contributed by atoms with Crippen molar-refractivity contribution in [3.05, 3.63) is 40.8 Å². The maximum Gasteiger partial charge on any atom is 0.115 e. The van der Waals surface area contributed by atoms with Gasteiger partial charge in [0.25, 0.3) is 0 Å². The number of thiophene rings is 1. The fourth-order valence-corrected chi connectivity index (χ4v) is 2.38. The summed E-state index contributed by atoms with van der Waals surface area (Å²) in [5.41, 5.74) is 2.50. The van der Waals surface area contributed by atoms with Gasteiger partial charge in [-0.3, -0.25) is 0 Å². The number of phenolic OH excluding ortho intramolecular Hbond substituents is 1. The predicted molar refractivity (Wildman–Crippen MR) is 60.9 cm³/mol. The summed E-state index contributed by atoms with van der Waals surface area (Å²) in [4.78, 5) is 2.62. The van der Waals surface area contributed by atoms with Gasteiger partial charge >= 0.3 is 0 Å². The first-order valence-corrected chi connectivity index (χ1v) is 5.35. The van der Waals surface area contributed by atoms with Crippen molar-refractivity contribution in [1.29, 1.82) is 0 Å². The van der Waals surface area contributed by atoms with Crippen LogP contribution in [0, 0.1) is 13.8 Å². The fourth-order valence-electron chi connectivity index (χ4n) is 1.34. The molecule has 0 unspecified atom stereocenters. The van der Waals surface area contributed by atoms with Gasteiger partial charge in [0.15, 0.2) is 0 Å². The number of phenols is 1.